The molecule has 2 atom stereocenters. The predicted octanol–water partition coefficient (Wildman–Crippen LogP) is 1.83. The molecule has 1 aliphatic rings. The van der Waals surface area contributed by atoms with Gasteiger partial charge in [-0.2, -0.15) is 0 Å². The van der Waals surface area contributed by atoms with Gasteiger partial charge in [0.25, 0.3) is 0 Å². The molecular formula is C11H18O4. The fourth-order valence-electron chi connectivity index (χ4n) is 1.96. The average Bonchev–Trinajstić information content (AvgIpc) is 2.17. The fraction of sp³-hybridized carbons (Fsp3) is 0.818. The summed E-state index contributed by atoms with van der Waals surface area (Å²) in [4.78, 5) is 22.4. The first kappa shape index (κ1) is 12.0. The van der Waals surface area contributed by atoms with Crippen LogP contribution in [0.1, 0.15) is 39.5 Å². The van der Waals surface area contributed by atoms with Gasteiger partial charge in [-0.05, 0) is 33.1 Å². The number of carboxylic acid groups (broad SMARTS) is 1. The van der Waals surface area contributed by atoms with Crippen molar-refractivity contribution < 1.29 is 19.4 Å². The second-order valence-corrected chi connectivity index (χ2v) is 4.38. The van der Waals surface area contributed by atoms with Crippen LogP contribution in [0.25, 0.3) is 0 Å². The molecular weight excluding hydrogens is 196 g/mol. The predicted molar refractivity (Wildman–Crippen MR) is 54.3 cm³/mol. The van der Waals surface area contributed by atoms with Gasteiger partial charge in [0.05, 0.1) is 17.9 Å². The zero-order valence-electron chi connectivity index (χ0n) is 9.23. The highest BCUT2D eigenvalue weighted by molar-refractivity contribution is 5.75. The van der Waals surface area contributed by atoms with Gasteiger partial charge in [0.1, 0.15) is 0 Å². The molecule has 0 bridgehead atoms. The van der Waals surface area contributed by atoms with Crippen LogP contribution < -0.4 is 0 Å². The van der Waals surface area contributed by atoms with Crippen LogP contribution in [0.3, 0.4) is 0 Å². The largest absolute Gasteiger partial charge is 0.481 e. The summed E-state index contributed by atoms with van der Waals surface area (Å²) in [5.41, 5.74) is 0. The number of hydrogen-bond acceptors (Lipinski definition) is 3. The van der Waals surface area contributed by atoms with Crippen molar-refractivity contribution >= 4 is 11.9 Å². The molecule has 15 heavy (non-hydrogen) atoms. The van der Waals surface area contributed by atoms with Crippen molar-refractivity contribution in [2.24, 2.45) is 11.8 Å². The quantitative estimate of drug-likeness (QED) is 0.728. The number of carbonyl (C=O) groups excluding carboxylic acids is 1. The maximum Gasteiger partial charge on any atom is 0.309 e. The summed E-state index contributed by atoms with van der Waals surface area (Å²) in [6, 6.07) is 0. The molecule has 1 rings (SSSR count). The van der Waals surface area contributed by atoms with Gasteiger partial charge in [-0.3, -0.25) is 9.59 Å². The summed E-state index contributed by atoms with van der Waals surface area (Å²) in [6.07, 6.45) is 2.55. The van der Waals surface area contributed by atoms with Crippen molar-refractivity contribution in [1.82, 2.24) is 0 Å². The maximum absolute atomic E-state index is 11.6. The third-order valence-corrected chi connectivity index (χ3v) is 2.71. The van der Waals surface area contributed by atoms with Gasteiger partial charge < -0.3 is 9.84 Å². The van der Waals surface area contributed by atoms with E-state index in [0.29, 0.717) is 12.8 Å². The minimum atomic E-state index is -0.794. The van der Waals surface area contributed by atoms with E-state index >= 15 is 0 Å². The Bertz CT molecular complexity index is 247. The normalized spacial score (nSPS) is 26.3. The molecule has 0 aliphatic heterocycles. The Kier molecular flexibility index (Phi) is 4.12. The lowest BCUT2D eigenvalue weighted by Crippen LogP contribution is -2.29. The lowest BCUT2D eigenvalue weighted by molar-refractivity contribution is -0.155. The molecule has 1 unspecified atom stereocenters. The highest BCUT2D eigenvalue weighted by Gasteiger charge is 2.32. The summed E-state index contributed by atoms with van der Waals surface area (Å²) in [5.74, 6) is -1.63. The summed E-state index contributed by atoms with van der Waals surface area (Å²) < 4.78 is 5.09. The van der Waals surface area contributed by atoms with Gasteiger partial charge >= 0.3 is 11.9 Å². The topological polar surface area (TPSA) is 63.6 Å². The number of rotatable bonds is 3. The zero-order chi connectivity index (χ0) is 11.4. The van der Waals surface area contributed by atoms with E-state index in [-0.39, 0.29) is 23.9 Å². The first-order chi connectivity index (χ1) is 7.00. The summed E-state index contributed by atoms with van der Waals surface area (Å²) in [5, 5.41) is 8.87. The highest BCUT2D eigenvalue weighted by atomic mass is 16.5. The average molecular weight is 214 g/mol. The van der Waals surface area contributed by atoms with E-state index < -0.39 is 5.97 Å². The number of carbonyl (C=O) groups is 2. The van der Waals surface area contributed by atoms with Crippen molar-refractivity contribution in [2.75, 3.05) is 0 Å². The third-order valence-electron chi connectivity index (χ3n) is 2.71. The molecule has 0 aromatic rings. The Morgan fingerprint density at radius 3 is 2.40 bits per heavy atom. The molecule has 0 spiro atoms. The van der Waals surface area contributed by atoms with Crippen molar-refractivity contribution in [1.29, 1.82) is 0 Å². The molecule has 0 saturated heterocycles. The van der Waals surface area contributed by atoms with Crippen LogP contribution in [-0.2, 0) is 14.3 Å². The molecule has 86 valence electrons. The van der Waals surface area contributed by atoms with E-state index in [9.17, 15) is 9.59 Å². The van der Waals surface area contributed by atoms with E-state index in [0.717, 1.165) is 12.8 Å². The van der Waals surface area contributed by atoms with Gasteiger partial charge in [-0.15, -0.1) is 0 Å². The van der Waals surface area contributed by atoms with Gasteiger partial charge in [0.15, 0.2) is 0 Å². The highest BCUT2D eigenvalue weighted by Crippen LogP contribution is 2.30. The number of ether oxygens (including phenoxy) is 1. The molecule has 0 radical (unpaired) electrons. The van der Waals surface area contributed by atoms with Crippen LogP contribution in [0.4, 0.5) is 0 Å². The summed E-state index contributed by atoms with van der Waals surface area (Å²) in [6.45, 7) is 3.60. The second-order valence-electron chi connectivity index (χ2n) is 4.38. The Morgan fingerprint density at radius 1 is 1.27 bits per heavy atom. The first-order valence-electron chi connectivity index (χ1n) is 5.44. The van der Waals surface area contributed by atoms with E-state index in [2.05, 4.69) is 0 Å². The first-order valence-corrected chi connectivity index (χ1v) is 5.44. The maximum atomic E-state index is 11.6. The van der Waals surface area contributed by atoms with Crippen LogP contribution in [-0.4, -0.2) is 23.1 Å². The molecule has 1 fully saturated rings. The van der Waals surface area contributed by atoms with E-state index in [1.54, 1.807) is 13.8 Å². The minimum Gasteiger partial charge on any atom is -0.481 e. The standard InChI is InChI=1S/C11H18O4/c1-7(2)15-11(14)9-5-3-4-8(6-9)10(12)13/h7-9H,3-6H2,1-2H3,(H,12,13)/t8-,9?/m0/s1. The van der Waals surface area contributed by atoms with Crippen molar-refractivity contribution in [2.45, 2.75) is 45.6 Å². The summed E-state index contributed by atoms with van der Waals surface area (Å²) >= 11 is 0. The lowest BCUT2D eigenvalue weighted by Gasteiger charge is -2.25. The van der Waals surface area contributed by atoms with Gasteiger partial charge in [-0.25, -0.2) is 0 Å². The van der Waals surface area contributed by atoms with Gasteiger partial charge in [-0.1, -0.05) is 6.42 Å². The summed E-state index contributed by atoms with van der Waals surface area (Å²) in [7, 11) is 0. The minimum absolute atomic E-state index is 0.122. The van der Waals surface area contributed by atoms with E-state index in [4.69, 9.17) is 9.84 Å². The number of aliphatic carboxylic acids is 1. The van der Waals surface area contributed by atoms with Crippen LogP contribution >= 0.6 is 0 Å². The zero-order valence-corrected chi connectivity index (χ0v) is 9.23. The second kappa shape index (κ2) is 5.14. The Balaban J connectivity index is 2.48. The molecule has 1 N–H and O–H groups in total. The van der Waals surface area contributed by atoms with Crippen molar-refractivity contribution in [3.8, 4) is 0 Å². The molecule has 4 heteroatoms. The monoisotopic (exact) mass is 214 g/mol. The lowest BCUT2D eigenvalue weighted by atomic mass is 9.81. The molecule has 0 aromatic carbocycles. The molecule has 1 aliphatic carbocycles. The van der Waals surface area contributed by atoms with Crippen LogP contribution in [0.2, 0.25) is 0 Å². The van der Waals surface area contributed by atoms with Crippen LogP contribution in [0.15, 0.2) is 0 Å². The Morgan fingerprint density at radius 2 is 1.87 bits per heavy atom. The Hall–Kier alpha value is -1.06. The molecule has 0 aromatic heterocycles. The molecule has 0 heterocycles. The Labute approximate surface area is 89.6 Å². The van der Waals surface area contributed by atoms with E-state index in [1.165, 1.54) is 0 Å². The van der Waals surface area contributed by atoms with Gasteiger partial charge in [0, 0.05) is 0 Å². The number of hydrogen-bond donors (Lipinski definition) is 1. The van der Waals surface area contributed by atoms with Crippen molar-refractivity contribution in [3.63, 3.8) is 0 Å². The SMILES string of the molecule is CC(C)OC(=O)C1CCC[C@H](C(=O)O)C1. The third kappa shape index (κ3) is 3.53. The molecule has 0 amide bonds. The molecule has 1 saturated carbocycles. The van der Waals surface area contributed by atoms with Crippen molar-refractivity contribution in [3.05, 3.63) is 0 Å². The smallest absolute Gasteiger partial charge is 0.309 e. The van der Waals surface area contributed by atoms with Crippen LogP contribution in [0.5, 0.6) is 0 Å². The fourth-order valence-corrected chi connectivity index (χ4v) is 1.96. The molecule has 4 nitrogen and oxygen atoms in total. The van der Waals surface area contributed by atoms with Gasteiger partial charge in [0.2, 0.25) is 0 Å². The number of esters is 1. The van der Waals surface area contributed by atoms with E-state index in [1.807, 2.05) is 0 Å². The van der Waals surface area contributed by atoms with Crippen LogP contribution in [0, 0.1) is 11.8 Å². The number of carboxylic acids is 1.